The second kappa shape index (κ2) is 10.9. The van der Waals surface area contributed by atoms with E-state index in [1.807, 2.05) is 50.2 Å². The van der Waals surface area contributed by atoms with Gasteiger partial charge in [0.1, 0.15) is 17.5 Å². The molecule has 0 aliphatic heterocycles. The van der Waals surface area contributed by atoms with Crippen LogP contribution in [-0.4, -0.2) is 43.5 Å². The number of amides is 2. The first-order chi connectivity index (χ1) is 13.9. The molecule has 0 fully saturated rings. The number of aryl methyl sites for hydroxylation is 1. The lowest BCUT2D eigenvalue weighted by molar-refractivity contribution is -0.142. The molecule has 29 heavy (non-hydrogen) atoms. The largest absolute Gasteiger partial charge is 0.497 e. The third-order valence-electron chi connectivity index (χ3n) is 4.64. The summed E-state index contributed by atoms with van der Waals surface area (Å²) < 4.78 is 11.9. The van der Waals surface area contributed by atoms with Gasteiger partial charge in [0, 0.05) is 18.1 Å². The number of nitrogens with one attached hydrogen (secondary N) is 1. The highest BCUT2D eigenvalue weighted by molar-refractivity contribution is 9.10. The van der Waals surface area contributed by atoms with Gasteiger partial charge in [0.05, 0.1) is 7.11 Å². The van der Waals surface area contributed by atoms with Crippen molar-refractivity contribution < 1.29 is 19.1 Å². The van der Waals surface area contributed by atoms with Crippen molar-refractivity contribution >= 4 is 27.7 Å². The van der Waals surface area contributed by atoms with Crippen LogP contribution >= 0.6 is 15.9 Å². The highest BCUT2D eigenvalue weighted by Gasteiger charge is 2.28. The first kappa shape index (κ1) is 22.7. The van der Waals surface area contributed by atoms with E-state index in [1.165, 1.54) is 0 Å². The first-order valence-corrected chi connectivity index (χ1v) is 10.2. The van der Waals surface area contributed by atoms with Crippen LogP contribution in [0.25, 0.3) is 0 Å². The van der Waals surface area contributed by atoms with E-state index >= 15 is 0 Å². The van der Waals surface area contributed by atoms with Crippen LogP contribution in [0, 0.1) is 6.92 Å². The molecule has 0 aliphatic rings. The molecule has 2 aromatic rings. The van der Waals surface area contributed by atoms with Gasteiger partial charge in [-0.1, -0.05) is 35.0 Å². The summed E-state index contributed by atoms with van der Waals surface area (Å²) in [4.78, 5) is 26.9. The van der Waals surface area contributed by atoms with Gasteiger partial charge in [0.25, 0.3) is 5.91 Å². The number of ether oxygens (including phenoxy) is 2. The highest BCUT2D eigenvalue weighted by atomic mass is 79.9. The average Bonchev–Trinajstić information content (AvgIpc) is 2.74. The molecule has 7 heteroatoms. The molecule has 156 valence electrons. The number of carbonyl (C=O) groups is 2. The molecule has 0 saturated heterocycles. The minimum Gasteiger partial charge on any atom is -0.497 e. The average molecular weight is 463 g/mol. The maximum absolute atomic E-state index is 13.0. The summed E-state index contributed by atoms with van der Waals surface area (Å²) in [5.41, 5.74) is 1.92. The molecule has 0 aromatic heterocycles. The third-order valence-corrected chi connectivity index (χ3v) is 5.53. The van der Waals surface area contributed by atoms with E-state index in [0.29, 0.717) is 18.7 Å². The van der Waals surface area contributed by atoms with Crippen molar-refractivity contribution in [2.24, 2.45) is 0 Å². The van der Waals surface area contributed by atoms with Gasteiger partial charge < -0.3 is 19.7 Å². The van der Waals surface area contributed by atoms with Gasteiger partial charge in [0.15, 0.2) is 6.61 Å². The molecule has 1 atom stereocenters. The monoisotopic (exact) mass is 462 g/mol. The van der Waals surface area contributed by atoms with E-state index < -0.39 is 6.04 Å². The van der Waals surface area contributed by atoms with E-state index in [0.717, 1.165) is 21.3 Å². The fourth-order valence-electron chi connectivity index (χ4n) is 2.95. The summed E-state index contributed by atoms with van der Waals surface area (Å²) in [5, 5.41) is 2.64. The molecule has 6 nitrogen and oxygen atoms in total. The molecule has 2 aromatic carbocycles. The van der Waals surface area contributed by atoms with Crippen LogP contribution in [0.15, 0.2) is 46.9 Å². The molecule has 0 saturated carbocycles. The van der Waals surface area contributed by atoms with Gasteiger partial charge in [-0.3, -0.25) is 9.59 Å². The second-order valence-corrected chi connectivity index (χ2v) is 7.46. The minimum absolute atomic E-state index is 0.148. The SMILES string of the molecule is CC[C@@H](C(=O)NC)N(Cc1ccc(OC)cc1)C(=O)COc1ccc(Br)c(C)c1. The number of hydrogen-bond acceptors (Lipinski definition) is 4. The van der Waals surface area contributed by atoms with Crippen LogP contribution in [0.5, 0.6) is 11.5 Å². The summed E-state index contributed by atoms with van der Waals surface area (Å²) in [6, 6.07) is 12.4. The van der Waals surface area contributed by atoms with Gasteiger partial charge >= 0.3 is 0 Å². The zero-order chi connectivity index (χ0) is 21.4. The van der Waals surface area contributed by atoms with E-state index in [4.69, 9.17) is 9.47 Å². The lowest BCUT2D eigenvalue weighted by atomic mass is 10.1. The molecule has 0 spiro atoms. The minimum atomic E-state index is -0.579. The second-order valence-electron chi connectivity index (χ2n) is 6.61. The van der Waals surface area contributed by atoms with Crippen LogP contribution in [0.4, 0.5) is 0 Å². The summed E-state index contributed by atoms with van der Waals surface area (Å²) in [7, 11) is 3.17. The van der Waals surface area contributed by atoms with Crippen LogP contribution in [0.3, 0.4) is 0 Å². The number of rotatable bonds is 9. The van der Waals surface area contributed by atoms with Crippen molar-refractivity contribution in [1.29, 1.82) is 0 Å². The maximum atomic E-state index is 13.0. The molecular weight excluding hydrogens is 436 g/mol. The van der Waals surface area contributed by atoms with Crippen molar-refractivity contribution in [1.82, 2.24) is 10.2 Å². The van der Waals surface area contributed by atoms with Crippen molar-refractivity contribution in [3.8, 4) is 11.5 Å². The number of nitrogens with zero attached hydrogens (tertiary/aromatic N) is 1. The Hall–Kier alpha value is -2.54. The smallest absolute Gasteiger partial charge is 0.261 e. The fourth-order valence-corrected chi connectivity index (χ4v) is 3.20. The molecule has 0 radical (unpaired) electrons. The maximum Gasteiger partial charge on any atom is 0.261 e. The summed E-state index contributed by atoms with van der Waals surface area (Å²) >= 11 is 3.45. The Balaban J connectivity index is 2.18. The Morgan fingerprint density at radius 3 is 2.34 bits per heavy atom. The lowest BCUT2D eigenvalue weighted by Crippen LogP contribution is -2.49. The zero-order valence-corrected chi connectivity index (χ0v) is 18.8. The zero-order valence-electron chi connectivity index (χ0n) is 17.2. The molecular formula is C22H27BrN2O4. The Labute approximate surface area is 180 Å². The molecule has 0 aliphatic carbocycles. The quantitative estimate of drug-likeness (QED) is 0.616. The third kappa shape index (κ3) is 6.22. The number of likely N-dealkylation sites (N-methyl/N-ethyl adjacent to an activating group) is 1. The highest BCUT2D eigenvalue weighted by Crippen LogP contribution is 2.22. The fraction of sp³-hybridized carbons (Fsp3) is 0.364. The number of methoxy groups -OCH3 is 1. The van der Waals surface area contributed by atoms with Crippen molar-refractivity contribution in [3.63, 3.8) is 0 Å². The Morgan fingerprint density at radius 1 is 1.14 bits per heavy atom. The van der Waals surface area contributed by atoms with E-state index in [-0.39, 0.29) is 18.4 Å². The Bertz CT molecular complexity index is 839. The van der Waals surface area contributed by atoms with Crippen molar-refractivity contribution in [2.45, 2.75) is 32.9 Å². The van der Waals surface area contributed by atoms with Crippen LogP contribution in [0.1, 0.15) is 24.5 Å². The van der Waals surface area contributed by atoms with E-state index in [2.05, 4.69) is 21.2 Å². The number of hydrogen-bond donors (Lipinski definition) is 1. The molecule has 0 unspecified atom stereocenters. The van der Waals surface area contributed by atoms with Crippen molar-refractivity contribution in [2.75, 3.05) is 20.8 Å². The van der Waals surface area contributed by atoms with Crippen LogP contribution in [-0.2, 0) is 16.1 Å². The molecule has 0 bridgehead atoms. The summed E-state index contributed by atoms with van der Waals surface area (Å²) in [5.74, 6) is 0.890. The lowest BCUT2D eigenvalue weighted by Gasteiger charge is -2.30. The number of benzene rings is 2. The van der Waals surface area contributed by atoms with Gasteiger partial charge in [-0.2, -0.15) is 0 Å². The molecule has 0 heterocycles. The van der Waals surface area contributed by atoms with Gasteiger partial charge in [-0.05, 0) is 54.8 Å². The van der Waals surface area contributed by atoms with Crippen molar-refractivity contribution in [3.05, 3.63) is 58.1 Å². The molecule has 2 rings (SSSR count). The van der Waals surface area contributed by atoms with Gasteiger partial charge in [-0.25, -0.2) is 0 Å². The van der Waals surface area contributed by atoms with Crippen LogP contribution < -0.4 is 14.8 Å². The van der Waals surface area contributed by atoms with E-state index in [9.17, 15) is 9.59 Å². The van der Waals surface area contributed by atoms with Crippen LogP contribution in [0.2, 0.25) is 0 Å². The number of halogens is 1. The standard InChI is InChI=1S/C22H27BrN2O4/c1-5-20(22(27)24-3)25(13-16-6-8-17(28-4)9-7-16)21(26)14-29-18-10-11-19(23)15(2)12-18/h6-12,20H,5,13-14H2,1-4H3,(H,24,27)/t20-/m0/s1. The molecule has 1 N–H and O–H groups in total. The Kier molecular flexibility index (Phi) is 8.51. The predicted molar refractivity (Wildman–Crippen MR) is 116 cm³/mol. The normalized spacial score (nSPS) is 11.5. The van der Waals surface area contributed by atoms with E-state index in [1.54, 1.807) is 25.1 Å². The topological polar surface area (TPSA) is 67.9 Å². The number of carbonyl (C=O) groups excluding carboxylic acids is 2. The molecule has 2 amide bonds. The van der Waals surface area contributed by atoms with Gasteiger partial charge in [0.2, 0.25) is 5.91 Å². The predicted octanol–water partition coefficient (Wildman–Crippen LogP) is 3.70. The summed E-state index contributed by atoms with van der Waals surface area (Å²) in [6.07, 6.45) is 0.499. The Morgan fingerprint density at radius 2 is 1.79 bits per heavy atom. The summed E-state index contributed by atoms with van der Waals surface area (Å²) in [6.45, 7) is 3.99. The first-order valence-electron chi connectivity index (χ1n) is 9.42. The van der Waals surface area contributed by atoms with Gasteiger partial charge in [-0.15, -0.1) is 0 Å².